The van der Waals surface area contributed by atoms with E-state index in [1.54, 1.807) is 7.05 Å². The van der Waals surface area contributed by atoms with Gasteiger partial charge in [0.05, 0.1) is 14.2 Å². The summed E-state index contributed by atoms with van der Waals surface area (Å²) in [6, 6.07) is 3.02. The molecule has 0 aliphatic heterocycles. The number of hydrogen-bond acceptors (Lipinski definition) is 4. The average Bonchev–Trinajstić information content (AvgIpc) is 2.26. The molecule has 1 aromatic rings. The van der Waals surface area contributed by atoms with Gasteiger partial charge in [0.15, 0.2) is 6.20 Å². The minimum absolute atomic E-state index is 0.366. The maximum Gasteiger partial charge on any atom is 0.403 e. The van der Waals surface area contributed by atoms with E-state index in [4.69, 9.17) is 0 Å². The van der Waals surface area contributed by atoms with E-state index in [0.29, 0.717) is 11.3 Å². The van der Waals surface area contributed by atoms with Crippen molar-refractivity contribution in [3.05, 3.63) is 29.6 Å². The SMILES string of the molecule is COC(=O)c1ccc(C(=O)OC)[n+](C)c1. The predicted octanol–water partition coefficient (Wildman–Crippen LogP) is 0.0843. The summed E-state index contributed by atoms with van der Waals surface area (Å²) in [6.45, 7) is 0. The minimum atomic E-state index is -0.450. The Morgan fingerprint density at radius 3 is 2.20 bits per heavy atom. The van der Waals surface area contributed by atoms with Crippen LogP contribution in [0, 0.1) is 0 Å². The number of esters is 2. The van der Waals surface area contributed by atoms with E-state index in [-0.39, 0.29) is 0 Å². The van der Waals surface area contributed by atoms with Gasteiger partial charge in [-0.1, -0.05) is 0 Å². The van der Waals surface area contributed by atoms with E-state index in [2.05, 4.69) is 9.47 Å². The summed E-state index contributed by atoms with van der Waals surface area (Å²) in [6.07, 6.45) is 1.51. The molecule has 1 aromatic heterocycles. The maximum atomic E-state index is 11.2. The number of pyridine rings is 1. The van der Waals surface area contributed by atoms with Gasteiger partial charge in [0.25, 0.3) is 5.69 Å². The first-order valence-electron chi connectivity index (χ1n) is 4.26. The summed E-state index contributed by atoms with van der Waals surface area (Å²) < 4.78 is 10.6. The molecule has 0 radical (unpaired) electrons. The van der Waals surface area contributed by atoms with Gasteiger partial charge in [0, 0.05) is 6.07 Å². The van der Waals surface area contributed by atoms with Crippen molar-refractivity contribution in [3.8, 4) is 0 Å². The van der Waals surface area contributed by atoms with Crippen LogP contribution in [0.1, 0.15) is 20.8 Å². The van der Waals surface area contributed by atoms with Crippen LogP contribution in [0.3, 0.4) is 0 Å². The number of methoxy groups -OCH3 is 2. The number of aryl methyl sites for hydroxylation is 1. The van der Waals surface area contributed by atoms with Crippen LogP contribution < -0.4 is 4.57 Å². The molecule has 0 aliphatic carbocycles. The Bertz CT molecular complexity index is 400. The fourth-order valence-corrected chi connectivity index (χ4v) is 1.16. The zero-order valence-electron chi connectivity index (χ0n) is 8.81. The summed E-state index contributed by atoms with van der Waals surface area (Å²) in [5.74, 6) is -0.893. The zero-order chi connectivity index (χ0) is 11.4. The standard InChI is InChI=1S/C10H12NO4/c1-11-6-7(9(12)14-2)4-5-8(11)10(13)15-3/h4-6H,1-3H3/q+1. The van der Waals surface area contributed by atoms with Crippen LogP contribution in [-0.4, -0.2) is 26.2 Å². The van der Waals surface area contributed by atoms with Gasteiger partial charge in [-0.25, -0.2) is 9.59 Å². The van der Waals surface area contributed by atoms with Crippen molar-refractivity contribution in [2.75, 3.05) is 14.2 Å². The molecule has 0 saturated carbocycles. The molecule has 0 amide bonds. The molecule has 5 nitrogen and oxygen atoms in total. The Balaban J connectivity index is 3.08. The lowest BCUT2D eigenvalue weighted by molar-refractivity contribution is -0.674. The second-order valence-electron chi connectivity index (χ2n) is 2.90. The highest BCUT2D eigenvalue weighted by Gasteiger charge is 2.19. The number of carbonyl (C=O) groups is 2. The lowest BCUT2D eigenvalue weighted by Gasteiger charge is -2.00. The van der Waals surface area contributed by atoms with Crippen LogP contribution in [-0.2, 0) is 16.5 Å². The summed E-state index contributed by atoms with van der Waals surface area (Å²) in [5.41, 5.74) is 0.748. The topological polar surface area (TPSA) is 56.5 Å². The lowest BCUT2D eigenvalue weighted by Crippen LogP contribution is -2.37. The second kappa shape index (κ2) is 4.54. The number of rotatable bonds is 2. The Morgan fingerprint density at radius 1 is 1.13 bits per heavy atom. The van der Waals surface area contributed by atoms with Gasteiger partial charge in [-0.3, -0.25) is 0 Å². The maximum absolute atomic E-state index is 11.2. The molecular weight excluding hydrogens is 198 g/mol. The Morgan fingerprint density at radius 2 is 1.73 bits per heavy atom. The molecule has 0 spiro atoms. The Labute approximate surface area is 87.2 Å². The largest absolute Gasteiger partial charge is 0.465 e. The van der Waals surface area contributed by atoms with E-state index in [1.807, 2.05) is 0 Å². The molecule has 5 heteroatoms. The third kappa shape index (κ3) is 2.31. The first-order chi connectivity index (χ1) is 7.10. The highest BCUT2D eigenvalue weighted by Crippen LogP contribution is 2.01. The molecule has 0 unspecified atom stereocenters. The van der Waals surface area contributed by atoms with Gasteiger partial charge >= 0.3 is 11.9 Å². The van der Waals surface area contributed by atoms with Crippen LogP contribution in [0.15, 0.2) is 18.3 Å². The van der Waals surface area contributed by atoms with Crippen molar-refractivity contribution in [2.45, 2.75) is 0 Å². The molecule has 0 fully saturated rings. The molecule has 0 aliphatic rings. The van der Waals surface area contributed by atoms with Crippen molar-refractivity contribution < 1.29 is 23.6 Å². The van der Waals surface area contributed by atoms with Crippen LogP contribution in [0.4, 0.5) is 0 Å². The summed E-state index contributed by atoms with van der Waals surface area (Å²) in [5, 5.41) is 0. The first kappa shape index (κ1) is 11.2. The Kier molecular flexibility index (Phi) is 3.38. The van der Waals surface area contributed by atoms with Crippen molar-refractivity contribution in [1.29, 1.82) is 0 Å². The third-order valence-corrected chi connectivity index (χ3v) is 1.95. The number of carbonyl (C=O) groups excluding carboxylic acids is 2. The second-order valence-corrected chi connectivity index (χ2v) is 2.90. The van der Waals surface area contributed by atoms with Crippen LogP contribution in [0.5, 0.6) is 0 Å². The number of ether oxygens (including phenoxy) is 2. The molecule has 80 valence electrons. The molecule has 0 saturated heterocycles. The summed E-state index contributed by atoms with van der Waals surface area (Å²) in [7, 11) is 4.26. The van der Waals surface area contributed by atoms with Crippen molar-refractivity contribution in [3.63, 3.8) is 0 Å². The van der Waals surface area contributed by atoms with Crippen molar-refractivity contribution in [2.24, 2.45) is 7.05 Å². The molecule has 0 bridgehead atoms. The molecule has 1 heterocycles. The van der Waals surface area contributed by atoms with E-state index in [0.717, 1.165) is 0 Å². The smallest absolute Gasteiger partial charge is 0.403 e. The van der Waals surface area contributed by atoms with Crippen molar-refractivity contribution >= 4 is 11.9 Å². The van der Waals surface area contributed by atoms with E-state index in [1.165, 1.54) is 37.1 Å². The average molecular weight is 210 g/mol. The minimum Gasteiger partial charge on any atom is -0.465 e. The van der Waals surface area contributed by atoms with Gasteiger partial charge in [0.1, 0.15) is 12.6 Å². The van der Waals surface area contributed by atoms with E-state index >= 15 is 0 Å². The lowest BCUT2D eigenvalue weighted by atomic mass is 10.2. The summed E-state index contributed by atoms with van der Waals surface area (Å²) >= 11 is 0. The molecule has 0 atom stereocenters. The predicted molar refractivity (Wildman–Crippen MR) is 50.3 cm³/mol. The van der Waals surface area contributed by atoms with Crippen molar-refractivity contribution in [1.82, 2.24) is 0 Å². The molecule has 0 N–H and O–H groups in total. The molecular formula is C10H12NO4+. The number of hydrogen-bond donors (Lipinski definition) is 0. The van der Waals surface area contributed by atoms with E-state index < -0.39 is 11.9 Å². The highest BCUT2D eigenvalue weighted by atomic mass is 16.5. The third-order valence-electron chi connectivity index (χ3n) is 1.95. The van der Waals surface area contributed by atoms with Gasteiger partial charge < -0.3 is 9.47 Å². The quantitative estimate of drug-likeness (QED) is 0.512. The first-order valence-corrected chi connectivity index (χ1v) is 4.26. The summed E-state index contributed by atoms with van der Waals surface area (Å²) in [4.78, 5) is 22.4. The number of aromatic nitrogens is 1. The zero-order valence-corrected chi connectivity index (χ0v) is 8.81. The highest BCUT2D eigenvalue weighted by molar-refractivity contribution is 5.90. The normalized spacial score (nSPS) is 9.53. The monoisotopic (exact) mass is 210 g/mol. The van der Waals surface area contributed by atoms with Crippen LogP contribution in [0.25, 0.3) is 0 Å². The van der Waals surface area contributed by atoms with Gasteiger partial charge in [-0.2, -0.15) is 4.57 Å². The molecule has 1 rings (SSSR count). The van der Waals surface area contributed by atoms with Crippen LogP contribution in [0.2, 0.25) is 0 Å². The van der Waals surface area contributed by atoms with Gasteiger partial charge in [-0.05, 0) is 6.07 Å². The molecule has 15 heavy (non-hydrogen) atoms. The molecule has 0 aromatic carbocycles. The van der Waals surface area contributed by atoms with Crippen LogP contribution >= 0.6 is 0 Å². The fourth-order valence-electron chi connectivity index (χ4n) is 1.16. The van der Waals surface area contributed by atoms with Gasteiger partial charge in [0.2, 0.25) is 0 Å². The number of nitrogens with zero attached hydrogens (tertiary/aromatic N) is 1. The fraction of sp³-hybridized carbons (Fsp3) is 0.300. The van der Waals surface area contributed by atoms with Gasteiger partial charge in [-0.15, -0.1) is 0 Å². The van der Waals surface area contributed by atoms with E-state index in [9.17, 15) is 9.59 Å². The Hall–Kier alpha value is -1.91.